The van der Waals surface area contributed by atoms with Crippen molar-refractivity contribution in [2.24, 2.45) is 5.92 Å². The molecule has 0 saturated heterocycles. The molecule has 30 heavy (non-hydrogen) atoms. The van der Waals surface area contributed by atoms with Gasteiger partial charge in [-0.05, 0) is 54.5 Å². The molecule has 1 aliphatic heterocycles. The molecule has 0 bridgehead atoms. The van der Waals surface area contributed by atoms with E-state index in [1.165, 1.54) is 35.6 Å². The number of halogens is 2. The van der Waals surface area contributed by atoms with Gasteiger partial charge in [0.05, 0.1) is 25.3 Å². The molecular formula is C24H26ClFN2O2. The quantitative estimate of drug-likeness (QED) is 0.499. The number of esters is 1. The molecule has 0 fully saturated rings. The summed E-state index contributed by atoms with van der Waals surface area (Å²) in [6, 6.07) is 8.20. The number of pyridine rings is 1. The highest BCUT2D eigenvalue weighted by Crippen LogP contribution is 2.50. The van der Waals surface area contributed by atoms with E-state index in [0.717, 1.165) is 12.8 Å². The molecular weight excluding hydrogens is 403 g/mol. The van der Waals surface area contributed by atoms with Crippen LogP contribution < -0.4 is 0 Å². The molecule has 0 spiro atoms. The van der Waals surface area contributed by atoms with Gasteiger partial charge < -0.3 is 4.74 Å². The lowest BCUT2D eigenvalue weighted by atomic mass is 9.83. The summed E-state index contributed by atoms with van der Waals surface area (Å²) in [6.07, 6.45) is 2.83. The van der Waals surface area contributed by atoms with Crippen LogP contribution in [-0.2, 0) is 16.0 Å². The lowest BCUT2D eigenvalue weighted by Crippen LogP contribution is -2.45. The first-order valence-corrected chi connectivity index (χ1v) is 10.7. The van der Waals surface area contributed by atoms with Crippen LogP contribution in [0.2, 0.25) is 5.15 Å². The van der Waals surface area contributed by atoms with Gasteiger partial charge in [-0.2, -0.15) is 0 Å². The number of hydrogen-bond acceptors (Lipinski definition) is 4. The monoisotopic (exact) mass is 428 g/mol. The van der Waals surface area contributed by atoms with E-state index in [2.05, 4.69) is 35.0 Å². The first-order chi connectivity index (χ1) is 14.3. The van der Waals surface area contributed by atoms with Gasteiger partial charge in [-0.3, -0.25) is 9.69 Å². The summed E-state index contributed by atoms with van der Waals surface area (Å²) in [5, 5.41) is 0.309. The number of methoxy groups -OCH3 is 1. The van der Waals surface area contributed by atoms with Crippen LogP contribution >= 0.6 is 11.6 Å². The number of fused-ring (bicyclic) bond motifs is 2. The molecule has 1 aliphatic carbocycles. The number of benzene rings is 1. The Morgan fingerprint density at radius 3 is 2.87 bits per heavy atom. The highest BCUT2D eigenvalue weighted by molar-refractivity contribution is 6.30. The van der Waals surface area contributed by atoms with Crippen molar-refractivity contribution in [1.82, 2.24) is 9.88 Å². The number of aromatic nitrogens is 1. The largest absolute Gasteiger partial charge is 0.469 e. The first kappa shape index (κ1) is 21.0. The summed E-state index contributed by atoms with van der Waals surface area (Å²) < 4.78 is 20.2. The molecule has 2 heterocycles. The summed E-state index contributed by atoms with van der Waals surface area (Å²) in [5.41, 5.74) is 6.20. The molecule has 6 heteroatoms. The van der Waals surface area contributed by atoms with Gasteiger partial charge in [0.15, 0.2) is 0 Å². The van der Waals surface area contributed by atoms with Crippen molar-refractivity contribution in [3.8, 4) is 0 Å². The highest BCUT2D eigenvalue weighted by atomic mass is 35.5. The molecule has 4 rings (SSSR count). The van der Waals surface area contributed by atoms with Crippen molar-refractivity contribution in [2.75, 3.05) is 13.7 Å². The third kappa shape index (κ3) is 3.44. The van der Waals surface area contributed by atoms with Gasteiger partial charge in [0.2, 0.25) is 0 Å². The maximum Gasteiger partial charge on any atom is 0.309 e. The minimum Gasteiger partial charge on any atom is -0.469 e. The number of rotatable bonds is 4. The molecule has 1 aromatic heterocycles. The van der Waals surface area contributed by atoms with Crippen molar-refractivity contribution in [3.05, 3.63) is 69.3 Å². The van der Waals surface area contributed by atoms with Crippen molar-refractivity contribution >= 4 is 23.1 Å². The minimum absolute atomic E-state index is 0.123. The molecule has 0 amide bonds. The maximum atomic E-state index is 15.2. The van der Waals surface area contributed by atoms with E-state index in [4.69, 9.17) is 16.3 Å². The molecule has 0 saturated carbocycles. The van der Waals surface area contributed by atoms with Gasteiger partial charge in [-0.25, -0.2) is 9.37 Å². The van der Waals surface area contributed by atoms with E-state index in [1.54, 1.807) is 0 Å². The van der Waals surface area contributed by atoms with Gasteiger partial charge in [0.1, 0.15) is 11.0 Å². The summed E-state index contributed by atoms with van der Waals surface area (Å²) >= 11 is 6.31. The molecule has 2 aliphatic rings. The zero-order chi connectivity index (χ0) is 21.6. The van der Waals surface area contributed by atoms with E-state index in [1.807, 2.05) is 19.9 Å². The Morgan fingerprint density at radius 1 is 1.40 bits per heavy atom. The molecule has 2 aromatic rings. The van der Waals surface area contributed by atoms with Crippen LogP contribution in [0, 0.1) is 18.7 Å². The summed E-state index contributed by atoms with van der Waals surface area (Å²) in [5.74, 6) is -0.957. The fraction of sp³-hybridized carbons (Fsp3) is 0.417. The lowest BCUT2D eigenvalue weighted by Gasteiger charge is -2.43. The summed E-state index contributed by atoms with van der Waals surface area (Å²) in [6.45, 7) is 6.28. The average Bonchev–Trinajstić information content (AvgIpc) is 3.10. The molecule has 1 aromatic carbocycles. The second-order valence-electron chi connectivity index (χ2n) is 8.35. The third-order valence-corrected chi connectivity index (χ3v) is 6.84. The normalized spacial score (nSPS) is 21.9. The van der Waals surface area contributed by atoms with Crippen LogP contribution in [0.15, 0.2) is 36.0 Å². The topological polar surface area (TPSA) is 42.4 Å². The Balaban J connectivity index is 1.87. The number of carbonyl (C=O) groups excluding carboxylic acids is 1. The smallest absolute Gasteiger partial charge is 0.309 e. The fourth-order valence-corrected chi connectivity index (χ4v) is 5.10. The van der Waals surface area contributed by atoms with E-state index in [-0.39, 0.29) is 29.8 Å². The van der Waals surface area contributed by atoms with Gasteiger partial charge in [0.25, 0.3) is 0 Å². The zero-order valence-corrected chi connectivity index (χ0v) is 18.5. The second kappa shape index (κ2) is 8.12. The van der Waals surface area contributed by atoms with Crippen LogP contribution in [0.1, 0.15) is 48.6 Å². The van der Waals surface area contributed by atoms with Crippen LogP contribution in [0.25, 0.3) is 5.57 Å². The van der Waals surface area contributed by atoms with Gasteiger partial charge in [-0.1, -0.05) is 42.8 Å². The number of hydrogen-bond donors (Lipinski definition) is 0. The molecule has 0 N–H and O–H groups in total. The van der Waals surface area contributed by atoms with Crippen molar-refractivity contribution in [3.63, 3.8) is 0 Å². The minimum atomic E-state index is -0.366. The predicted molar refractivity (Wildman–Crippen MR) is 116 cm³/mol. The SMILES string of the molecule is COC(=O)[C@@H](C)CN1[C@H](C)CC2=C(Cc3ccccc32)[C@H]1c1c(F)cnc(Cl)c1C. The average molecular weight is 429 g/mol. The lowest BCUT2D eigenvalue weighted by molar-refractivity contribution is -0.145. The van der Waals surface area contributed by atoms with Crippen molar-refractivity contribution in [1.29, 1.82) is 0 Å². The Labute approximate surface area is 181 Å². The predicted octanol–water partition coefficient (Wildman–Crippen LogP) is 5.14. The highest BCUT2D eigenvalue weighted by Gasteiger charge is 2.41. The molecule has 3 atom stereocenters. The Kier molecular flexibility index (Phi) is 5.69. The molecule has 158 valence electrons. The van der Waals surface area contributed by atoms with Gasteiger partial charge in [0, 0.05) is 18.2 Å². The van der Waals surface area contributed by atoms with Crippen LogP contribution in [0.4, 0.5) is 4.39 Å². The summed E-state index contributed by atoms with van der Waals surface area (Å²) in [7, 11) is 1.40. The fourth-order valence-electron chi connectivity index (χ4n) is 4.95. The first-order valence-electron chi connectivity index (χ1n) is 10.3. The number of carbonyl (C=O) groups is 1. The Hall–Kier alpha value is -2.24. The molecule has 4 nitrogen and oxygen atoms in total. The maximum absolute atomic E-state index is 15.2. The third-order valence-electron chi connectivity index (χ3n) is 6.46. The molecule has 0 radical (unpaired) electrons. The molecule has 0 unspecified atom stereocenters. The van der Waals surface area contributed by atoms with E-state index >= 15 is 4.39 Å². The van der Waals surface area contributed by atoms with E-state index in [0.29, 0.717) is 22.8 Å². The van der Waals surface area contributed by atoms with Gasteiger partial charge in [-0.15, -0.1) is 0 Å². The second-order valence-corrected chi connectivity index (χ2v) is 8.71. The van der Waals surface area contributed by atoms with Crippen molar-refractivity contribution in [2.45, 2.75) is 45.7 Å². The van der Waals surface area contributed by atoms with Gasteiger partial charge >= 0.3 is 5.97 Å². The zero-order valence-electron chi connectivity index (χ0n) is 17.7. The van der Waals surface area contributed by atoms with Crippen LogP contribution in [0.5, 0.6) is 0 Å². The number of ether oxygens (including phenoxy) is 1. The van der Waals surface area contributed by atoms with E-state index < -0.39 is 0 Å². The Morgan fingerprint density at radius 2 is 2.13 bits per heavy atom. The number of nitrogens with zero attached hydrogens (tertiary/aromatic N) is 2. The van der Waals surface area contributed by atoms with Crippen LogP contribution in [-0.4, -0.2) is 35.5 Å². The summed E-state index contributed by atoms with van der Waals surface area (Å²) in [4.78, 5) is 18.4. The van der Waals surface area contributed by atoms with Crippen molar-refractivity contribution < 1.29 is 13.9 Å². The van der Waals surface area contributed by atoms with E-state index in [9.17, 15) is 4.79 Å². The standard InChI is InChI=1S/C24H26ClFN2O2/c1-13(24(29)30-4)12-28-14(2)9-18-17-8-6-5-7-16(17)10-19(18)22(28)21-15(3)23(25)27-11-20(21)26/h5-8,11,13-14,22H,9-10,12H2,1-4H3/t13-,14+,22-/m0/s1. The Bertz CT molecular complexity index is 1040. The van der Waals surface area contributed by atoms with Crippen LogP contribution in [0.3, 0.4) is 0 Å².